The molecule has 3 aromatic rings. The number of carbonyl (C=O) groups is 2. The van der Waals surface area contributed by atoms with Crippen molar-refractivity contribution in [3.63, 3.8) is 0 Å². The molecule has 8 nitrogen and oxygen atoms in total. The maximum Gasteiger partial charge on any atom is 0.341 e. The van der Waals surface area contributed by atoms with E-state index in [2.05, 4.69) is 22.1 Å². The highest BCUT2D eigenvalue weighted by molar-refractivity contribution is 7.99. The van der Waals surface area contributed by atoms with Crippen LogP contribution < -0.4 is 10.1 Å². The van der Waals surface area contributed by atoms with E-state index in [0.717, 1.165) is 29.7 Å². The fourth-order valence-corrected chi connectivity index (χ4v) is 5.90. The molecule has 2 heterocycles. The summed E-state index contributed by atoms with van der Waals surface area (Å²) >= 11 is 8.85. The van der Waals surface area contributed by atoms with Crippen LogP contribution in [-0.2, 0) is 35.5 Å². The van der Waals surface area contributed by atoms with E-state index in [1.807, 2.05) is 16.7 Å². The number of aromatic nitrogens is 3. The van der Waals surface area contributed by atoms with E-state index >= 15 is 0 Å². The van der Waals surface area contributed by atoms with Gasteiger partial charge in [-0.15, -0.1) is 28.1 Å². The van der Waals surface area contributed by atoms with Crippen LogP contribution in [0.15, 0.2) is 42.1 Å². The van der Waals surface area contributed by atoms with Gasteiger partial charge in [0, 0.05) is 11.4 Å². The number of anilines is 1. The number of ether oxygens (including phenoxy) is 2. The van der Waals surface area contributed by atoms with Crippen molar-refractivity contribution in [2.24, 2.45) is 0 Å². The molecule has 34 heavy (non-hydrogen) atoms. The van der Waals surface area contributed by atoms with Gasteiger partial charge in [-0.3, -0.25) is 9.36 Å². The summed E-state index contributed by atoms with van der Waals surface area (Å²) in [6.07, 6.45) is 4.47. The molecule has 0 bridgehead atoms. The lowest BCUT2D eigenvalue weighted by Crippen LogP contribution is -2.17. The lowest BCUT2D eigenvalue weighted by atomic mass is 10.1. The van der Waals surface area contributed by atoms with Crippen molar-refractivity contribution in [1.82, 2.24) is 14.8 Å². The van der Waals surface area contributed by atoms with Crippen LogP contribution in [0.4, 0.5) is 5.00 Å². The maximum absolute atomic E-state index is 12.7. The number of allylic oxidation sites excluding steroid dienone is 1. The first-order valence-electron chi connectivity index (χ1n) is 10.6. The van der Waals surface area contributed by atoms with E-state index in [4.69, 9.17) is 21.1 Å². The standard InChI is InChI=1S/C23H23ClN4O4S2/c1-3-11-28-18(12-32-16-9-5-4-8-15(16)24)26-27-23(28)33-13-19(29)25-21-20(22(30)31-2)14-7-6-10-17(14)34-21/h3-5,8-9H,1,6-7,10-13H2,2H3,(H,25,29). The van der Waals surface area contributed by atoms with Crippen LogP contribution in [-0.4, -0.2) is 39.5 Å². The molecule has 0 aliphatic heterocycles. The summed E-state index contributed by atoms with van der Waals surface area (Å²) in [4.78, 5) is 26.1. The molecule has 0 unspecified atom stereocenters. The van der Waals surface area contributed by atoms with Crippen LogP contribution in [0.3, 0.4) is 0 Å². The molecule has 1 aliphatic carbocycles. The molecule has 11 heteroatoms. The third kappa shape index (κ3) is 5.29. The average Bonchev–Trinajstić information content (AvgIpc) is 3.52. The molecule has 0 saturated heterocycles. The fraction of sp³-hybridized carbons (Fsp3) is 0.304. The largest absolute Gasteiger partial charge is 0.484 e. The van der Waals surface area contributed by atoms with E-state index in [-0.39, 0.29) is 18.3 Å². The van der Waals surface area contributed by atoms with Crippen molar-refractivity contribution in [3.05, 3.63) is 63.8 Å². The molecule has 2 aromatic heterocycles. The summed E-state index contributed by atoms with van der Waals surface area (Å²) in [5.74, 6) is 0.581. The van der Waals surface area contributed by atoms with Crippen LogP contribution >= 0.6 is 34.7 Å². The van der Waals surface area contributed by atoms with Crippen LogP contribution in [0.1, 0.15) is 33.0 Å². The minimum atomic E-state index is -0.420. The third-order valence-electron chi connectivity index (χ3n) is 5.19. The average molecular weight is 519 g/mol. The number of carbonyl (C=O) groups excluding carboxylic acids is 2. The molecule has 0 radical (unpaired) electrons. The Morgan fingerprint density at radius 1 is 1.32 bits per heavy atom. The molecule has 1 aliphatic rings. The van der Waals surface area contributed by atoms with Gasteiger partial charge in [0.15, 0.2) is 11.0 Å². The molecule has 1 amide bonds. The number of esters is 1. The van der Waals surface area contributed by atoms with Gasteiger partial charge in [-0.2, -0.15) is 0 Å². The first-order valence-corrected chi connectivity index (χ1v) is 12.8. The predicted molar refractivity (Wildman–Crippen MR) is 133 cm³/mol. The summed E-state index contributed by atoms with van der Waals surface area (Å²) in [6, 6.07) is 7.19. The van der Waals surface area contributed by atoms with Crippen molar-refractivity contribution >= 4 is 51.6 Å². The number of aryl methyl sites for hydroxylation is 1. The number of thiophene rings is 1. The zero-order chi connectivity index (χ0) is 24.1. The summed E-state index contributed by atoms with van der Waals surface area (Å²) in [6.45, 7) is 4.42. The first kappa shape index (κ1) is 24.3. The van der Waals surface area contributed by atoms with E-state index in [1.54, 1.807) is 18.2 Å². The number of hydrogen-bond donors (Lipinski definition) is 1. The van der Waals surface area contributed by atoms with Gasteiger partial charge in [-0.05, 0) is 37.0 Å². The number of fused-ring (bicyclic) bond motifs is 1. The molecular formula is C23H23ClN4O4S2. The second kappa shape index (κ2) is 11.1. The van der Waals surface area contributed by atoms with E-state index in [0.29, 0.717) is 38.9 Å². The summed E-state index contributed by atoms with van der Waals surface area (Å²) in [5, 5.41) is 12.9. The Hall–Kier alpha value is -2.82. The number of rotatable bonds is 10. The third-order valence-corrected chi connectivity index (χ3v) is 7.68. The molecule has 178 valence electrons. The quantitative estimate of drug-likeness (QED) is 0.235. The SMILES string of the molecule is C=CCn1c(COc2ccccc2Cl)nnc1SCC(=O)Nc1sc2c(c1C(=O)OC)CCC2. The Morgan fingerprint density at radius 3 is 2.91 bits per heavy atom. The van der Waals surface area contributed by atoms with Gasteiger partial charge in [0.1, 0.15) is 17.4 Å². The van der Waals surface area contributed by atoms with Gasteiger partial charge in [0.2, 0.25) is 5.91 Å². The fourth-order valence-electron chi connectivity index (χ4n) is 3.65. The Labute approximate surface area is 210 Å². The van der Waals surface area contributed by atoms with Crippen LogP contribution in [0.2, 0.25) is 5.02 Å². The van der Waals surface area contributed by atoms with Crippen LogP contribution in [0, 0.1) is 0 Å². The predicted octanol–water partition coefficient (Wildman–Crippen LogP) is 4.76. The minimum absolute atomic E-state index is 0.101. The van der Waals surface area contributed by atoms with Crippen molar-refractivity contribution in [2.45, 2.75) is 37.6 Å². The number of para-hydroxylation sites is 1. The molecular weight excluding hydrogens is 496 g/mol. The van der Waals surface area contributed by atoms with E-state index < -0.39 is 5.97 Å². The zero-order valence-corrected chi connectivity index (χ0v) is 20.9. The van der Waals surface area contributed by atoms with Gasteiger partial charge < -0.3 is 14.8 Å². The van der Waals surface area contributed by atoms with Crippen molar-refractivity contribution < 1.29 is 19.1 Å². The Balaban J connectivity index is 1.42. The number of nitrogens with zero attached hydrogens (tertiary/aromatic N) is 3. The first-order chi connectivity index (χ1) is 16.5. The molecule has 0 fully saturated rings. The Kier molecular flexibility index (Phi) is 7.91. The van der Waals surface area contributed by atoms with Crippen molar-refractivity contribution in [1.29, 1.82) is 0 Å². The highest BCUT2D eigenvalue weighted by Gasteiger charge is 2.28. The minimum Gasteiger partial charge on any atom is -0.484 e. The number of amides is 1. The van der Waals surface area contributed by atoms with Gasteiger partial charge in [-0.25, -0.2) is 4.79 Å². The Bertz CT molecular complexity index is 1220. The van der Waals surface area contributed by atoms with Gasteiger partial charge in [0.05, 0.1) is 23.4 Å². The summed E-state index contributed by atoms with van der Waals surface area (Å²) in [7, 11) is 1.35. The second-order valence-corrected chi connectivity index (χ2v) is 9.86. The molecule has 0 saturated carbocycles. The zero-order valence-electron chi connectivity index (χ0n) is 18.5. The Morgan fingerprint density at radius 2 is 2.15 bits per heavy atom. The van der Waals surface area contributed by atoms with Crippen LogP contribution in [0.5, 0.6) is 5.75 Å². The molecule has 4 rings (SSSR count). The highest BCUT2D eigenvalue weighted by atomic mass is 35.5. The summed E-state index contributed by atoms with van der Waals surface area (Å²) < 4.78 is 12.6. The van der Waals surface area contributed by atoms with Crippen LogP contribution in [0.25, 0.3) is 0 Å². The monoisotopic (exact) mass is 518 g/mol. The normalized spacial score (nSPS) is 12.3. The number of nitrogens with one attached hydrogen (secondary N) is 1. The van der Waals surface area contributed by atoms with Gasteiger partial charge in [-0.1, -0.05) is 41.6 Å². The number of hydrogen-bond acceptors (Lipinski definition) is 8. The number of halogens is 1. The van der Waals surface area contributed by atoms with Crippen molar-refractivity contribution in [2.75, 3.05) is 18.2 Å². The molecule has 0 spiro atoms. The van der Waals surface area contributed by atoms with Gasteiger partial charge in [0.25, 0.3) is 0 Å². The molecule has 0 atom stereocenters. The highest BCUT2D eigenvalue weighted by Crippen LogP contribution is 2.39. The smallest absolute Gasteiger partial charge is 0.341 e. The van der Waals surface area contributed by atoms with E-state index in [1.165, 1.54) is 30.2 Å². The van der Waals surface area contributed by atoms with Gasteiger partial charge >= 0.3 is 5.97 Å². The number of methoxy groups -OCH3 is 1. The van der Waals surface area contributed by atoms with Crippen molar-refractivity contribution in [3.8, 4) is 5.75 Å². The number of thioether (sulfide) groups is 1. The molecule has 1 N–H and O–H groups in total. The molecule has 1 aromatic carbocycles. The number of benzene rings is 1. The summed E-state index contributed by atoms with van der Waals surface area (Å²) in [5.41, 5.74) is 1.47. The van der Waals surface area contributed by atoms with E-state index in [9.17, 15) is 9.59 Å². The lowest BCUT2D eigenvalue weighted by molar-refractivity contribution is -0.113. The topological polar surface area (TPSA) is 95.3 Å². The lowest BCUT2D eigenvalue weighted by Gasteiger charge is -2.10. The second-order valence-electron chi connectivity index (χ2n) is 7.41. The maximum atomic E-state index is 12.7.